The van der Waals surface area contributed by atoms with Crippen LogP contribution in [0.25, 0.3) is 0 Å². The van der Waals surface area contributed by atoms with Crippen LogP contribution in [0, 0.1) is 24.2 Å². The van der Waals surface area contributed by atoms with Crippen LogP contribution in [0.5, 0.6) is 0 Å². The zero-order valence-corrected chi connectivity index (χ0v) is 9.78. The van der Waals surface area contributed by atoms with E-state index in [2.05, 4.69) is 16.0 Å². The third kappa shape index (κ3) is 2.62. The maximum Gasteiger partial charge on any atom is 0.215 e. The number of halogens is 1. The number of nitrogens with zero attached hydrogens (tertiary/aromatic N) is 3. The Morgan fingerprint density at radius 2 is 2.18 bits per heavy atom. The van der Waals surface area contributed by atoms with Gasteiger partial charge in [0.2, 0.25) is 5.95 Å². The van der Waals surface area contributed by atoms with Crippen LogP contribution >= 0.6 is 0 Å². The number of allylic oxidation sites excluding steroid dienone is 1. The van der Waals surface area contributed by atoms with Crippen LogP contribution < -0.4 is 4.90 Å². The number of nitriles is 1. The van der Waals surface area contributed by atoms with Gasteiger partial charge in [-0.05, 0) is 25.8 Å². The summed E-state index contributed by atoms with van der Waals surface area (Å²) < 4.78 is 13.1. The second kappa shape index (κ2) is 4.96. The molecule has 0 N–H and O–H groups in total. The number of aryl methyl sites for hydroxylation is 1. The van der Waals surface area contributed by atoms with E-state index in [1.165, 1.54) is 5.57 Å². The summed E-state index contributed by atoms with van der Waals surface area (Å²) in [5.41, 5.74) is 2.72. The zero-order chi connectivity index (χ0) is 12.3. The van der Waals surface area contributed by atoms with Gasteiger partial charge in [0.25, 0.3) is 0 Å². The van der Waals surface area contributed by atoms with Gasteiger partial charge in [-0.15, -0.1) is 0 Å². The van der Waals surface area contributed by atoms with Crippen molar-refractivity contribution in [3.63, 3.8) is 0 Å². The van der Waals surface area contributed by atoms with Gasteiger partial charge in [0.15, 0.2) is 0 Å². The molecule has 1 fully saturated rings. The molecule has 88 valence electrons. The van der Waals surface area contributed by atoms with E-state index in [4.69, 9.17) is 5.26 Å². The van der Waals surface area contributed by atoms with Gasteiger partial charge < -0.3 is 4.90 Å². The summed E-state index contributed by atoms with van der Waals surface area (Å²) in [6.07, 6.45) is 4.99. The molecule has 1 saturated heterocycles. The Hall–Kier alpha value is -1.89. The Balaban J connectivity index is 2.08. The first-order valence-electron chi connectivity index (χ1n) is 5.65. The largest absolute Gasteiger partial charge is 0.370 e. The van der Waals surface area contributed by atoms with E-state index < -0.39 is 5.95 Å². The normalized spacial score (nSPS) is 15.6. The van der Waals surface area contributed by atoms with Gasteiger partial charge in [0.1, 0.15) is 0 Å². The van der Waals surface area contributed by atoms with E-state index in [1.54, 1.807) is 19.2 Å². The molecule has 1 aromatic rings. The lowest BCUT2D eigenvalue weighted by Crippen LogP contribution is -2.30. The molecule has 0 spiro atoms. The summed E-state index contributed by atoms with van der Waals surface area (Å²) in [7, 11) is 0. The lowest BCUT2D eigenvalue weighted by Gasteiger charge is -2.30. The summed E-state index contributed by atoms with van der Waals surface area (Å²) in [6.45, 7) is 3.44. The fraction of sp³-hybridized carbons (Fsp3) is 0.385. The molecule has 1 aliphatic heterocycles. The Bertz CT molecular complexity index is 478. The van der Waals surface area contributed by atoms with Crippen LogP contribution in [-0.4, -0.2) is 18.1 Å². The smallest absolute Gasteiger partial charge is 0.215 e. The second-order valence-electron chi connectivity index (χ2n) is 4.22. The van der Waals surface area contributed by atoms with E-state index in [-0.39, 0.29) is 0 Å². The van der Waals surface area contributed by atoms with Gasteiger partial charge in [-0.1, -0.05) is 5.57 Å². The van der Waals surface area contributed by atoms with Crippen molar-refractivity contribution in [1.82, 2.24) is 4.98 Å². The molecular weight excluding hydrogens is 217 g/mol. The Labute approximate surface area is 100 Å². The van der Waals surface area contributed by atoms with E-state index >= 15 is 0 Å². The van der Waals surface area contributed by atoms with Crippen molar-refractivity contribution < 1.29 is 4.39 Å². The van der Waals surface area contributed by atoms with Gasteiger partial charge in [-0.25, -0.2) is 4.98 Å². The number of pyridine rings is 1. The predicted octanol–water partition coefficient (Wildman–Crippen LogP) is 2.58. The molecule has 3 nitrogen and oxygen atoms in total. The molecule has 2 heterocycles. The summed E-state index contributed by atoms with van der Waals surface area (Å²) >= 11 is 0. The van der Waals surface area contributed by atoms with Crippen molar-refractivity contribution in [2.24, 2.45) is 0 Å². The average Bonchev–Trinajstić information content (AvgIpc) is 2.34. The van der Waals surface area contributed by atoms with E-state index in [0.29, 0.717) is 5.56 Å². The molecule has 17 heavy (non-hydrogen) atoms. The highest BCUT2D eigenvalue weighted by atomic mass is 19.1. The standard InChI is InChI=1S/C13H14FN3/c1-10-8-12(9-16-13(10)14)17-6-3-11(2-5-15)4-7-17/h2,8-9H,3-4,6-7H2,1H3. The van der Waals surface area contributed by atoms with Crippen LogP contribution in [0.15, 0.2) is 23.9 Å². The maximum atomic E-state index is 13.1. The molecule has 0 atom stereocenters. The van der Waals surface area contributed by atoms with Gasteiger partial charge in [0, 0.05) is 24.7 Å². The third-order valence-electron chi connectivity index (χ3n) is 3.04. The Morgan fingerprint density at radius 3 is 2.76 bits per heavy atom. The first-order valence-corrected chi connectivity index (χ1v) is 5.65. The lowest BCUT2D eigenvalue weighted by atomic mass is 10.0. The van der Waals surface area contributed by atoms with Crippen molar-refractivity contribution >= 4 is 5.69 Å². The number of hydrogen-bond acceptors (Lipinski definition) is 3. The SMILES string of the molecule is Cc1cc(N2CCC(=CC#N)CC2)cnc1F. The molecule has 0 saturated carbocycles. The fourth-order valence-electron chi connectivity index (χ4n) is 2.00. The molecule has 0 aliphatic carbocycles. The summed E-state index contributed by atoms with van der Waals surface area (Å²) in [6, 6.07) is 3.89. The minimum absolute atomic E-state index is 0.407. The van der Waals surface area contributed by atoms with Crippen molar-refractivity contribution in [2.75, 3.05) is 18.0 Å². The molecule has 0 bridgehead atoms. The summed E-state index contributed by atoms with van der Waals surface area (Å²) in [5, 5.41) is 8.58. The second-order valence-corrected chi connectivity index (χ2v) is 4.22. The molecular formula is C13H14FN3. The topological polar surface area (TPSA) is 39.9 Å². The van der Waals surface area contributed by atoms with Crippen molar-refractivity contribution in [3.8, 4) is 6.07 Å². The van der Waals surface area contributed by atoms with Gasteiger partial charge in [-0.3, -0.25) is 0 Å². The fourth-order valence-corrected chi connectivity index (χ4v) is 2.00. The number of hydrogen-bond donors (Lipinski definition) is 0. The first kappa shape index (κ1) is 11.6. The molecule has 0 aromatic carbocycles. The quantitative estimate of drug-likeness (QED) is 0.551. The van der Waals surface area contributed by atoms with Gasteiger partial charge in [0.05, 0.1) is 18.0 Å². The van der Waals surface area contributed by atoms with E-state index in [1.807, 2.05) is 6.07 Å². The molecule has 0 radical (unpaired) electrons. The Morgan fingerprint density at radius 1 is 1.47 bits per heavy atom. The van der Waals surface area contributed by atoms with Crippen LogP contribution in [0.2, 0.25) is 0 Å². The highest BCUT2D eigenvalue weighted by Gasteiger charge is 2.15. The lowest BCUT2D eigenvalue weighted by molar-refractivity contribution is 0.573. The van der Waals surface area contributed by atoms with E-state index in [0.717, 1.165) is 31.6 Å². The van der Waals surface area contributed by atoms with Gasteiger partial charge in [-0.2, -0.15) is 9.65 Å². The van der Waals surface area contributed by atoms with E-state index in [9.17, 15) is 4.39 Å². The molecule has 4 heteroatoms. The number of anilines is 1. The highest BCUT2D eigenvalue weighted by Crippen LogP contribution is 2.23. The predicted molar refractivity (Wildman–Crippen MR) is 64.1 cm³/mol. The molecule has 0 unspecified atom stereocenters. The first-order chi connectivity index (χ1) is 8.20. The van der Waals surface area contributed by atoms with Gasteiger partial charge >= 0.3 is 0 Å². The molecule has 2 rings (SSSR count). The van der Waals surface area contributed by atoms with Crippen LogP contribution in [0.3, 0.4) is 0 Å². The Kier molecular flexibility index (Phi) is 3.38. The maximum absolute atomic E-state index is 13.1. The van der Waals surface area contributed by atoms with Crippen LogP contribution in [0.1, 0.15) is 18.4 Å². The summed E-state index contributed by atoms with van der Waals surface area (Å²) in [4.78, 5) is 5.91. The van der Waals surface area contributed by atoms with Crippen LogP contribution in [-0.2, 0) is 0 Å². The minimum Gasteiger partial charge on any atom is -0.370 e. The number of aromatic nitrogens is 1. The van der Waals surface area contributed by atoms with Crippen LogP contribution in [0.4, 0.5) is 10.1 Å². The number of piperidine rings is 1. The molecule has 0 amide bonds. The summed E-state index contributed by atoms with van der Waals surface area (Å²) in [5.74, 6) is -0.407. The zero-order valence-electron chi connectivity index (χ0n) is 9.78. The van der Waals surface area contributed by atoms with Crippen molar-refractivity contribution in [3.05, 3.63) is 35.4 Å². The monoisotopic (exact) mass is 231 g/mol. The highest BCUT2D eigenvalue weighted by molar-refractivity contribution is 5.47. The van der Waals surface area contributed by atoms with Crippen molar-refractivity contribution in [2.45, 2.75) is 19.8 Å². The third-order valence-corrected chi connectivity index (χ3v) is 3.04. The van der Waals surface area contributed by atoms with Crippen molar-refractivity contribution in [1.29, 1.82) is 5.26 Å². The minimum atomic E-state index is -0.407. The number of rotatable bonds is 1. The molecule has 1 aromatic heterocycles. The average molecular weight is 231 g/mol. The molecule has 1 aliphatic rings.